The number of nitrogens with one attached hydrogen (secondary N) is 1. The van der Waals surface area contributed by atoms with Crippen LogP contribution in [0.5, 0.6) is 0 Å². The Kier molecular flexibility index (Phi) is 3.94. The minimum Gasteiger partial charge on any atom is -0.481 e. The molecule has 102 valence electrons. The molecule has 7 heteroatoms. The maximum Gasteiger partial charge on any atom is 0.347 e. The van der Waals surface area contributed by atoms with Crippen LogP contribution in [0.1, 0.15) is 19.3 Å². The molecular weight excluding hydrogens is 250 g/mol. The molecule has 1 aromatic rings. The minimum atomic E-state index is -0.819. The van der Waals surface area contributed by atoms with Gasteiger partial charge in [0.05, 0.1) is 5.92 Å². The molecule has 0 radical (unpaired) electrons. The Hall–Kier alpha value is -2.18. The van der Waals surface area contributed by atoms with Gasteiger partial charge in [0.25, 0.3) is 0 Å². The summed E-state index contributed by atoms with van der Waals surface area (Å²) in [7, 11) is 0. The van der Waals surface area contributed by atoms with E-state index in [1.807, 2.05) is 0 Å². The van der Waals surface area contributed by atoms with Gasteiger partial charge in [0.1, 0.15) is 6.54 Å². The Morgan fingerprint density at radius 1 is 1.47 bits per heavy atom. The van der Waals surface area contributed by atoms with Crippen LogP contribution >= 0.6 is 0 Å². The lowest BCUT2D eigenvalue weighted by molar-refractivity contribution is -0.141. The van der Waals surface area contributed by atoms with Gasteiger partial charge < -0.3 is 10.4 Å². The molecule has 0 bridgehead atoms. The number of aromatic nitrogens is 2. The molecule has 0 spiro atoms. The van der Waals surface area contributed by atoms with E-state index >= 15 is 0 Å². The Bertz CT molecular complexity index is 540. The van der Waals surface area contributed by atoms with Crippen molar-refractivity contribution in [2.24, 2.45) is 5.92 Å². The van der Waals surface area contributed by atoms with Crippen molar-refractivity contribution in [1.82, 2.24) is 14.9 Å². The van der Waals surface area contributed by atoms with E-state index in [9.17, 15) is 14.4 Å². The van der Waals surface area contributed by atoms with Gasteiger partial charge in [-0.3, -0.25) is 14.2 Å². The molecule has 2 atom stereocenters. The Labute approximate surface area is 109 Å². The number of aliphatic carboxylic acids is 1. The number of nitrogens with zero attached hydrogens (tertiary/aromatic N) is 2. The van der Waals surface area contributed by atoms with E-state index in [2.05, 4.69) is 10.3 Å². The van der Waals surface area contributed by atoms with Crippen LogP contribution in [0, 0.1) is 5.92 Å². The molecule has 1 fully saturated rings. The van der Waals surface area contributed by atoms with Gasteiger partial charge in [-0.05, 0) is 25.3 Å². The highest BCUT2D eigenvalue weighted by molar-refractivity contribution is 5.76. The summed E-state index contributed by atoms with van der Waals surface area (Å²) in [5.41, 5.74) is -0.479. The lowest BCUT2D eigenvalue weighted by Crippen LogP contribution is -2.38. The monoisotopic (exact) mass is 265 g/mol. The first-order valence-electron chi connectivity index (χ1n) is 6.10. The van der Waals surface area contributed by atoms with Gasteiger partial charge in [-0.2, -0.15) is 0 Å². The van der Waals surface area contributed by atoms with Gasteiger partial charge in [-0.25, -0.2) is 9.78 Å². The molecule has 1 saturated carbocycles. The van der Waals surface area contributed by atoms with Gasteiger partial charge in [-0.1, -0.05) is 0 Å². The quantitative estimate of drug-likeness (QED) is 0.772. The zero-order valence-electron chi connectivity index (χ0n) is 10.3. The van der Waals surface area contributed by atoms with E-state index in [0.717, 1.165) is 0 Å². The lowest BCUT2D eigenvalue weighted by atomic mass is 10.1. The highest BCUT2D eigenvalue weighted by atomic mass is 16.4. The number of carbonyl (C=O) groups is 2. The molecule has 2 N–H and O–H groups in total. The first-order valence-corrected chi connectivity index (χ1v) is 6.10. The van der Waals surface area contributed by atoms with Crippen LogP contribution in [-0.4, -0.2) is 32.6 Å². The zero-order valence-corrected chi connectivity index (χ0v) is 10.3. The summed E-state index contributed by atoms with van der Waals surface area (Å²) < 4.78 is 1.21. The average Bonchev–Trinajstić information content (AvgIpc) is 2.80. The first-order chi connectivity index (χ1) is 9.06. The molecule has 0 saturated heterocycles. The number of hydrogen-bond donors (Lipinski definition) is 2. The van der Waals surface area contributed by atoms with Gasteiger partial charge >= 0.3 is 11.7 Å². The van der Waals surface area contributed by atoms with Crippen molar-refractivity contribution in [1.29, 1.82) is 0 Å². The summed E-state index contributed by atoms with van der Waals surface area (Å²) in [4.78, 5) is 37.4. The van der Waals surface area contributed by atoms with Crippen molar-refractivity contribution in [2.45, 2.75) is 31.8 Å². The topological polar surface area (TPSA) is 101 Å². The van der Waals surface area contributed by atoms with Gasteiger partial charge in [0, 0.05) is 18.4 Å². The van der Waals surface area contributed by atoms with Crippen LogP contribution in [-0.2, 0) is 16.1 Å². The van der Waals surface area contributed by atoms with E-state index in [4.69, 9.17) is 5.11 Å². The second-order valence-corrected chi connectivity index (χ2v) is 4.64. The molecule has 1 heterocycles. The summed E-state index contributed by atoms with van der Waals surface area (Å²) in [6.45, 7) is -0.0963. The van der Waals surface area contributed by atoms with E-state index in [-0.39, 0.29) is 24.4 Å². The SMILES string of the molecule is O=C(Cn1cccnc1=O)N[C@H]1CC[C@@H](C(=O)O)C1. The molecule has 1 aromatic heterocycles. The standard InChI is InChI=1S/C12H15N3O4/c16-10(7-15-5-1-4-13-12(15)19)14-9-3-2-8(6-9)11(17)18/h1,4-5,8-9H,2-3,6-7H2,(H,14,16)(H,17,18)/t8-,9+/m1/s1. The molecule has 0 aromatic carbocycles. The van der Waals surface area contributed by atoms with Crippen LogP contribution in [0.25, 0.3) is 0 Å². The maximum atomic E-state index is 11.8. The van der Waals surface area contributed by atoms with Gasteiger partial charge in [0.2, 0.25) is 5.91 Å². The van der Waals surface area contributed by atoms with Crippen LogP contribution in [0.2, 0.25) is 0 Å². The maximum absolute atomic E-state index is 11.8. The normalized spacial score (nSPS) is 22.1. The number of hydrogen-bond acceptors (Lipinski definition) is 4. The van der Waals surface area contributed by atoms with E-state index in [1.165, 1.54) is 17.0 Å². The molecule has 1 aliphatic rings. The van der Waals surface area contributed by atoms with Crippen LogP contribution in [0.3, 0.4) is 0 Å². The third-order valence-electron chi connectivity index (χ3n) is 3.24. The highest BCUT2D eigenvalue weighted by Gasteiger charge is 2.30. The van der Waals surface area contributed by atoms with Crippen LogP contribution < -0.4 is 11.0 Å². The van der Waals surface area contributed by atoms with Crippen molar-refractivity contribution >= 4 is 11.9 Å². The second-order valence-electron chi connectivity index (χ2n) is 4.64. The Balaban J connectivity index is 1.88. The summed E-state index contributed by atoms with van der Waals surface area (Å²) in [5.74, 6) is -1.50. The lowest BCUT2D eigenvalue weighted by Gasteiger charge is -2.12. The van der Waals surface area contributed by atoms with Crippen LogP contribution in [0.4, 0.5) is 0 Å². The van der Waals surface area contributed by atoms with Gasteiger partial charge in [-0.15, -0.1) is 0 Å². The van der Waals surface area contributed by atoms with Crippen LogP contribution in [0.15, 0.2) is 23.3 Å². The molecular formula is C12H15N3O4. The summed E-state index contributed by atoms with van der Waals surface area (Å²) >= 11 is 0. The number of amides is 1. The molecule has 0 aliphatic heterocycles. The number of carboxylic acids is 1. The fourth-order valence-electron chi connectivity index (χ4n) is 2.27. The first kappa shape index (κ1) is 13.3. The van der Waals surface area contributed by atoms with Gasteiger partial charge in [0.15, 0.2) is 0 Å². The Morgan fingerprint density at radius 3 is 2.89 bits per heavy atom. The summed E-state index contributed by atoms with van der Waals surface area (Å²) in [6, 6.07) is 1.45. The minimum absolute atomic E-state index is 0.0963. The largest absolute Gasteiger partial charge is 0.481 e. The average molecular weight is 265 g/mol. The number of carboxylic acid groups (broad SMARTS) is 1. The van der Waals surface area contributed by atoms with Crippen molar-refractivity contribution in [3.05, 3.63) is 28.9 Å². The third-order valence-corrected chi connectivity index (χ3v) is 3.24. The third kappa shape index (κ3) is 3.40. The number of carbonyl (C=O) groups excluding carboxylic acids is 1. The molecule has 0 unspecified atom stereocenters. The fourth-order valence-corrected chi connectivity index (χ4v) is 2.27. The Morgan fingerprint density at radius 2 is 2.26 bits per heavy atom. The van der Waals surface area contributed by atoms with Crippen molar-refractivity contribution in [2.75, 3.05) is 0 Å². The highest BCUT2D eigenvalue weighted by Crippen LogP contribution is 2.25. The van der Waals surface area contributed by atoms with Crippen molar-refractivity contribution < 1.29 is 14.7 Å². The number of rotatable bonds is 4. The molecule has 19 heavy (non-hydrogen) atoms. The van der Waals surface area contributed by atoms with E-state index in [0.29, 0.717) is 19.3 Å². The summed E-state index contributed by atoms with van der Waals surface area (Å²) in [5, 5.41) is 11.6. The molecule has 7 nitrogen and oxygen atoms in total. The molecule has 1 aliphatic carbocycles. The van der Waals surface area contributed by atoms with E-state index in [1.54, 1.807) is 6.07 Å². The second kappa shape index (κ2) is 5.64. The van der Waals surface area contributed by atoms with Crippen molar-refractivity contribution in [3.8, 4) is 0 Å². The summed E-state index contributed by atoms with van der Waals surface area (Å²) in [6.07, 6.45) is 4.54. The van der Waals surface area contributed by atoms with E-state index < -0.39 is 11.7 Å². The predicted molar refractivity (Wildman–Crippen MR) is 65.4 cm³/mol. The predicted octanol–water partition coefficient (Wildman–Crippen LogP) is -0.387. The zero-order chi connectivity index (χ0) is 13.8. The smallest absolute Gasteiger partial charge is 0.347 e. The van der Waals surface area contributed by atoms with Crippen molar-refractivity contribution in [3.63, 3.8) is 0 Å². The fraction of sp³-hybridized carbons (Fsp3) is 0.500. The molecule has 1 amide bonds. The molecule has 2 rings (SSSR count).